The van der Waals surface area contributed by atoms with E-state index in [-0.39, 0.29) is 32.0 Å². The number of hydrogen-bond donors (Lipinski definition) is 0. The van der Waals surface area contributed by atoms with Gasteiger partial charge in [0.15, 0.2) is 6.10 Å². The molecule has 1 unspecified atom stereocenters. The molecule has 0 saturated carbocycles. The fourth-order valence-corrected chi connectivity index (χ4v) is 7.78. The molecule has 0 aliphatic carbocycles. The van der Waals surface area contributed by atoms with E-state index < -0.39 is 18.0 Å². The number of allylic oxidation sites excluding steroid dienone is 27. The van der Waals surface area contributed by atoms with Crippen molar-refractivity contribution >= 4 is 17.9 Å². The summed E-state index contributed by atoms with van der Waals surface area (Å²) in [5, 5.41) is 0. The second kappa shape index (κ2) is 63.3. The maximum absolute atomic E-state index is 12.9. The van der Waals surface area contributed by atoms with Gasteiger partial charge in [0.05, 0.1) is 6.42 Å². The number of ether oxygens (including phenoxy) is 3. The summed E-state index contributed by atoms with van der Waals surface area (Å²) in [5.74, 6) is -1.14. The van der Waals surface area contributed by atoms with E-state index in [2.05, 4.69) is 179 Å². The van der Waals surface area contributed by atoms with Crippen molar-refractivity contribution in [2.75, 3.05) is 13.2 Å². The molecule has 0 saturated heterocycles. The Morgan fingerprint density at radius 2 is 0.532 bits per heavy atom. The van der Waals surface area contributed by atoms with Crippen LogP contribution in [0.1, 0.15) is 239 Å². The van der Waals surface area contributed by atoms with Crippen LogP contribution in [-0.2, 0) is 28.6 Å². The van der Waals surface area contributed by atoms with E-state index >= 15 is 0 Å². The zero-order valence-electron chi connectivity index (χ0n) is 49.1. The Hall–Kier alpha value is -5.23. The van der Waals surface area contributed by atoms with Crippen LogP contribution >= 0.6 is 0 Å². The lowest BCUT2D eigenvalue weighted by Crippen LogP contribution is -2.30. The first-order valence-corrected chi connectivity index (χ1v) is 30.6. The fourth-order valence-electron chi connectivity index (χ4n) is 7.78. The molecule has 0 aliphatic rings. The van der Waals surface area contributed by atoms with Crippen LogP contribution in [0.2, 0.25) is 0 Å². The molecular weight excluding hydrogens is 949 g/mol. The van der Waals surface area contributed by atoms with E-state index in [1.54, 1.807) is 6.08 Å². The van der Waals surface area contributed by atoms with Crippen molar-refractivity contribution in [2.45, 2.75) is 245 Å². The van der Waals surface area contributed by atoms with Crippen molar-refractivity contribution in [3.8, 4) is 0 Å². The highest BCUT2D eigenvalue weighted by Crippen LogP contribution is 2.15. The highest BCUT2D eigenvalue weighted by Gasteiger charge is 2.19. The summed E-state index contributed by atoms with van der Waals surface area (Å²) in [7, 11) is 0. The summed E-state index contributed by atoms with van der Waals surface area (Å²) in [6.45, 7) is 6.15. The minimum Gasteiger partial charge on any atom is -0.462 e. The van der Waals surface area contributed by atoms with Crippen LogP contribution in [0, 0.1) is 0 Å². The zero-order valence-corrected chi connectivity index (χ0v) is 49.1. The molecule has 6 nitrogen and oxygen atoms in total. The molecule has 0 spiro atoms. The van der Waals surface area contributed by atoms with E-state index in [1.807, 2.05) is 6.08 Å². The normalized spacial score (nSPS) is 13.3. The van der Waals surface area contributed by atoms with Crippen LogP contribution in [0.4, 0.5) is 0 Å². The van der Waals surface area contributed by atoms with Gasteiger partial charge >= 0.3 is 17.9 Å². The van der Waals surface area contributed by atoms with Crippen molar-refractivity contribution in [1.82, 2.24) is 0 Å². The number of carbonyl (C=O) groups excluding carboxylic acids is 3. The number of rotatable bonds is 53. The van der Waals surface area contributed by atoms with Crippen molar-refractivity contribution in [3.05, 3.63) is 170 Å². The summed E-state index contributed by atoms with van der Waals surface area (Å²) < 4.78 is 16.7. The van der Waals surface area contributed by atoms with Crippen molar-refractivity contribution in [2.24, 2.45) is 0 Å². The number of carbonyl (C=O) groups is 3. The Labute approximate surface area is 472 Å². The monoisotopic (exact) mass is 1060 g/mol. The lowest BCUT2D eigenvalue weighted by atomic mass is 10.0. The molecule has 0 aromatic carbocycles. The average Bonchev–Trinajstić information content (AvgIpc) is 3.43. The van der Waals surface area contributed by atoms with Gasteiger partial charge in [0.1, 0.15) is 13.2 Å². The Bertz CT molecular complexity index is 1790. The summed E-state index contributed by atoms with van der Waals surface area (Å²) in [5.41, 5.74) is 0. The standard InChI is InChI=1S/C71H110O6/c1-4-7-10-13-16-19-22-25-28-30-31-32-33-34-35-36-37-38-39-41-43-46-49-52-55-58-61-64-70(73)76-67-68(66-75-69(72)63-60-57-54-51-48-45-42-27-24-21-18-15-12-9-6-3)77-71(74)65-62-59-56-53-50-47-44-40-29-26-23-20-17-14-11-8-5-2/h7-12,16-21,25-29,31-32,42,44,47-48,51,53,56-57,60,68H,4-6,13-15,22-24,30,33-41,43,45-46,49-50,52,54-55,58-59,61-67H2,1-3H3/b10-7-,11-8-,12-9-,19-16-,20-17-,21-18-,28-25-,29-26-,32-31-,42-27-,47-44-,51-48-,56-53-,60-57-. The Morgan fingerprint density at radius 1 is 0.273 bits per heavy atom. The molecule has 77 heavy (non-hydrogen) atoms. The number of esters is 3. The molecule has 0 bridgehead atoms. The quantitative estimate of drug-likeness (QED) is 0.0261. The van der Waals surface area contributed by atoms with Gasteiger partial charge < -0.3 is 14.2 Å². The summed E-state index contributed by atoms with van der Waals surface area (Å²) in [6, 6.07) is 0. The predicted molar refractivity (Wildman–Crippen MR) is 334 cm³/mol. The van der Waals surface area contributed by atoms with Crippen molar-refractivity contribution < 1.29 is 28.6 Å². The maximum Gasteiger partial charge on any atom is 0.309 e. The number of unbranched alkanes of at least 4 members (excludes halogenated alkanes) is 15. The summed E-state index contributed by atoms with van der Waals surface area (Å²) in [6.07, 6.45) is 93.9. The third-order valence-corrected chi connectivity index (χ3v) is 12.2. The topological polar surface area (TPSA) is 78.9 Å². The molecule has 0 radical (unpaired) electrons. The summed E-state index contributed by atoms with van der Waals surface area (Å²) in [4.78, 5) is 38.2. The fraction of sp³-hybridized carbons (Fsp3) is 0.563. The molecule has 0 heterocycles. The van der Waals surface area contributed by atoms with Gasteiger partial charge in [0.25, 0.3) is 0 Å². The first-order chi connectivity index (χ1) is 38.0. The van der Waals surface area contributed by atoms with E-state index in [9.17, 15) is 14.4 Å². The lowest BCUT2D eigenvalue weighted by molar-refractivity contribution is -0.166. The van der Waals surface area contributed by atoms with Gasteiger partial charge in [-0.2, -0.15) is 0 Å². The second-order valence-corrected chi connectivity index (χ2v) is 19.5. The van der Waals surface area contributed by atoms with E-state index in [4.69, 9.17) is 14.2 Å². The molecule has 430 valence electrons. The minimum absolute atomic E-state index is 0.107. The molecule has 0 rings (SSSR count). The van der Waals surface area contributed by atoms with Gasteiger partial charge in [-0.25, -0.2) is 0 Å². The second-order valence-electron chi connectivity index (χ2n) is 19.5. The molecule has 0 fully saturated rings. The first kappa shape index (κ1) is 71.8. The van der Waals surface area contributed by atoms with Gasteiger partial charge in [0, 0.05) is 12.8 Å². The Morgan fingerprint density at radius 3 is 0.883 bits per heavy atom. The van der Waals surface area contributed by atoms with E-state index in [0.29, 0.717) is 12.8 Å². The Kier molecular flexibility index (Phi) is 59.0. The van der Waals surface area contributed by atoms with Crippen molar-refractivity contribution in [3.63, 3.8) is 0 Å². The smallest absolute Gasteiger partial charge is 0.309 e. The van der Waals surface area contributed by atoms with Crippen LogP contribution in [-0.4, -0.2) is 37.2 Å². The van der Waals surface area contributed by atoms with Crippen LogP contribution in [0.15, 0.2) is 170 Å². The van der Waals surface area contributed by atoms with Crippen LogP contribution in [0.3, 0.4) is 0 Å². The molecule has 0 aromatic rings. The molecule has 1 atom stereocenters. The number of hydrogen-bond acceptors (Lipinski definition) is 6. The lowest BCUT2D eigenvalue weighted by Gasteiger charge is -2.18. The molecule has 0 aromatic heterocycles. The summed E-state index contributed by atoms with van der Waals surface area (Å²) >= 11 is 0. The molecule has 6 heteroatoms. The van der Waals surface area contributed by atoms with Crippen LogP contribution in [0.25, 0.3) is 0 Å². The largest absolute Gasteiger partial charge is 0.462 e. The van der Waals surface area contributed by atoms with Gasteiger partial charge in [-0.15, -0.1) is 0 Å². The van der Waals surface area contributed by atoms with E-state index in [1.165, 1.54) is 77.0 Å². The van der Waals surface area contributed by atoms with Crippen molar-refractivity contribution in [1.29, 1.82) is 0 Å². The zero-order chi connectivity index (χ0) is 55.7. The first-order valence-electron chi connectivity index (χ1n) is 30.6. The third kappa shape index (κ3) is 61.5. The van der Waals surface area contributed by atoms with Gasteiger partial charge in [-0.05, 0) is 122 Å². The van der Waals surface area contributed by atoms with Gasteiger partial charge in [-0.1, -0.05) is 268 Å². The maximum atomic E-state index is 12.9. The average molecular weight is 1060 g/mol. The van der Waals surface area contributed by atoms with Crippen LogP contribution < -0.4 is 0 Å². The van der Waals surface area contributed by atoms with Crippen LogP contribution in [0.5, 0.6) is 0 Å². The minimum atomic E-state index is -0.857. The van der Waals surface area contributed by atoms with E-state index in [0.717, 1.165) is 116 Å². The Balaban J connectivity index is 4.46. The van der Waals surface area contributed by atoms with Gasteiger partial charge in [0.2, 0.25) is 0 Å². The van der Waals surface area contributed by atoms with Gasteiger partial charge in [-0.3, -0.25) is 14.4 Å². The molecule has 0 N–H and O–H groups in total. The molecule has 0 aliphatic heterocycles. The predicted octanol–water partition coefficient (Wildman–Crippen LogP) is 21.1. The molecule has 0 amide bonds. The highest BCUT2D eigenvalue weighted by atomic mass is 16.6. The highest BCUT2D eigenvalue weighted by molar-refractivity contribution is 5.72. The SMILES string of the molecule is CC/C=C\C/C=C\C/C=C\C/C=C\C/C=C\CCCC(=O)OC(COC(=O)C/C=C\C/C=C\C/C=C\C/C=C\C/C=C\CC)COC(=O)CCCCCCCCCCCCCCCC/C=C\C/C=C\C/C=C\C/C=C\CC. The third-order valence-electron chi connectivity index (χ3n) is 12.2. The molecular formula is C71H110O6.